The van der Waals surface area contributed by atoms with Crippen LogP contribution in [-0.4, -0.2) is 60.7 Å². The molecule has 4 rings (SSSR count). The maximum Gasteiger partial charge on any atom is 0.194 e. The lowest BCUT2D eigenvalue weighted by atomic mass is 9.97. The highest BCUT2D eigenvalue weighted by Gasteiger charge is 2.46. The molecule has 3 N–H and O–H groups in total. The van der Waals surface area contributed by atoms with E-state index in [1.165, 1.54) is 6.20 Å². The second-order valence-electron chi connectivity index (χ2n) is 7.11. The van der Waals surface area contributed by atoms with E-state index in [1.807, 2.05) is 0 Å². The number of nitrogens with zero attached hydrogens (tertiary/aromatic N) is 3. The van der Waals surface area contributed by atoms with Crippen LogP contribution in [0.15, 0.2) is 47.5 Å². The summed E-state index contributed by atoms with van der Waals surface area (Å²) in [6.07, 6.45) is -2.48. The molecule has 0 amide bonds. The Bertz CT molecular complexity index is 1100. The van der Waals surface area contributed by atoms with Crippen LogP contribution < -0.4 is 0 Å². The standard InChI is InChI=1S/C20H17ClF3N3O4S/c21-10-2-1-3-11(6-10)32-20-19(30)17(18(29)15(8-28)31-20)27-7-14(25-26-27)9-4-12(22)16(24)13(23)5-9/h1-7,15,17-20,28-30H,8H2/t15?,17-,18-,19?,20+/m0/s1. The molecule has 0 bridgehead atoms. The molecule has 1 aliphatic heterocycles. The molecule has 0 saturated carbocycles. The van der Waals surface area contributed by atoms with Gasteiger partial charge in [0, 0.05) is 15.5 Å². The van der Waals surface area contributed by atoms with Gasteiger partial charge in [-0.1, -0.05) is 34.6 Å². The van der Waals surface area contributed by atoms with Gasteiger partial charge in [-0.15, -0.1) is 5.10 Å². The van der Waals surface area contributed by atoms with Gasteiger partial charge in [-0.3, -0.25) is 0 Å². The van der Waals surface area contributed by atoms with E-state index >= 15 is 0 Å². The number of aliphatic hydroxyl groups excluding tert-OH is 3. The van der Waals surface area contributed by atoms with E-state index in [2.05, 4.69) is 10.3 Å². The Morgan fingerprint density at radius 3 is 2.47 bits per heavy atom. The highest BCUT2D eigenvalue weighted by Crippen LogP contribution is 2.38. The van der Waals surface area contributed by atoms with Crippen LogP contribution in [0.2, 0.25) is 5.02 Å². The van der Waals surface area contributed by atoms with Gasteiger partial charge in [0.15, 0.2) is 17.5 Å². The summed E-state index contributed by atoms with van der Waals surface area (Å²) in [5, 5.41) is 39.4. The summed E-state index contributed by atoms with van der Waals surface area (Å²) >= 11 is 7.13. The minimum absolute atomic E-state index is 0.00622. The maximum absolute atomic E-state index is 13.6. The van der Waals surface area contributed by atoms with Crippen molar-refractivity contribution in [1.82, 2.24) is 15.0 Å². The molecular formula is C20H17ClF3N3O4S. The average Bonchev–Trinajstić information content (AvgIpc) is 3.23. The molecule has 32 heavy (non-hydrogen) atoms. The summed E-state index contributed by atoms with van der Waals surface area (Å²) in [6.45, 7) is -0.535. The zero-order valence-corrected chi connectivity index (χ0v) is 17.7. The molecular weight excluding hydrogens is 471 g/mol. The number of ether oxygens (including phenoxy) is 1. The van der Waals surface area contributed by atoms with Gasteiger partial charge in [-0.05, 0) is 30.3 Å². The molecule has 0 radical (unpaired) electrons. The van der Waals surface area contributed by atoms with E-state index in [-0.39, 0.29) is 11.3 Å². The quantitative estimate of drug-likeness (QED) is 0.476. The maximum atomic E-state index is 13.6. The number of aromatic nitrogens is 3. The molecule has 2 unspecified atom stereocenters. The molecule has 170 valence electrons. The Morgan fingerprint density at radius 2 is 1.81 bits per heavy atom. The summed E-state index contributed by atoms with van der Waals surface area (Å²) < 4.78 is 47.2. The SMILES string of the molecule is OCC1O[C@H](Sc2cccc(Cl)c2)C(O)[C@@H](n2cc(-c3cc(F)c(F)c(F)c3)nn2)[C@H]1O. The predicted octanol–water partition coefficient (Wildman–Crippen LogP) is 2.79. The summed E-state index contributed by atoms with van der Waals surface area (Å²) in [5.74, 6) is -4.39. The number of halogens is 4. The van der Waals surface area contributed by atoms with Crippen LogP contribution >= 0.6 is 23.4 Å². The summed E-state index contributed by atoms with van der Waals surface area (Å²) in [4.78, 5) is 0.685. The van der Waals surface area contributed by atoms with E-state index in [4.69, 9.17) is 16.3 Å². The Morgan fingerprint density at radius 1 is 1.09 bits per heavy atom. The first kappa shape index (κ1) is 23.0. The number of rotatable bonds is 5. The molecule has 0 aliphatic carbocycles. The van der Waals surface area contributed by atoms with Gasteiger partial charge >= 0.3 is 0 Å². The van der Waals surface area contributed by atoms with Crippen molar-refractivity contribution in [2.24, 2.45) is 0 Å². The Balaban J connectivity index is 1.64. The first-order valence-electron chi connectivity index (χ1n) is 9.40. The number of hydrogen-bond acceptors (Lipinski definition) is 7. The van der Waals surface area contributed by atoms with Crippen LogP contribution in [0.3, 0.4) is 0 Å². The number of aliphatic hydroxyl groups is 3. The van der Waals surface area contributed by atoms with Crippen LogP contribution in [0.25, 0.3) is 11.3 Å². The fraction of sp³-hybridized carbons (Fsp3) is 0.300. The number of hydrogen-bond donors (Lipinski definition) is 3. The van der Waals surface area contributed by atoms with Crippen molar-refractivity contribution in [2.45, 2.75) is 34.7 Å². The lowest BCUT2D eigenvalue weighted by Crippen LogP contribution is -2.55. The van der Waals surface area contributed by atoms with Crippen LogP contribution in [0.5, 0.6) is 0 Å². The Kier molecular flexibility index (Phi) is 6.75. The minimum Gasteiger partial charge on any atom is -0.394 e. The first-order valence-corrected chi connectivity index (χ1v) is 10.7. The molecule has 1 aliphatic rings. The summed E-state index contributed by atoms with van der Waals surface area (Å²) in [5.41, 5.74) is -0.993. The predicted molar refractivity (Wildman–Crippen MR) is 109 cm³/mol. The van der Waals surface area contributed by atoms with Gasteiger partial charge in [-0.2, -0.15) is 0 Å². The molecule has 2 heterocycles. The van der Waals surface area contributed by atoms with Crippen LogP contribution in [-0.2, 0) is 4.74 Å². The van der Waals surface area contributed by atoms with E-state index in [1.54, 1.807) is 24.3 Å². The van der Waals surface area contributed by atoms with Crippen molar-refractivity contribution in [3.05, 3.63) is 65.1 Å². The largest absolute Gasteiger partial charge is 0.394 e. The first-order chi connectivity index (χ1) is 15.3. The van der Waals surface area contributed by atoms with Crippen LogP contribution in [0, 0.1) is 17.5 Å². The fourth-order valence-corrected chi connectivity index (χ4v) is 4.78. The topological polar surface area (TPSA) is 101 Å². The smallest absolute Gasteiger partial charge is 0.194 e. The van der Waals surface area contributed by atoms with Crippen molar-refractivity contribution in [2.75, 3.05) is 6.61 Å². The lowest BCUT2D eigenvalue weighted by Gasteiger charge is -2.41. The Labute approximate surface area is 189 Å². The van der Waals surface area contributed by atoms with E-state index in [9.17, 15) is 28.5 Å². The van der Waals surface area contributed by atoms with Crippen molar-refractivity contribution in [1.29, 1.82) is 0 Å². The van der Waals surface area contributed by atoms with E-state index < -0.39 is 53.8 Å². The van der Waals surface area contributed by atoms with Gasteiger partial charge in [0.1, 0.15) is 35.5 Å². The molecule has 2 aromatic carbocycles. The zero-order chi connectivity index (χ0) is 23.0. The molecule has 7 nitrogen and oxygen atoms in total. The van der Waals surface area contributed by atoms with Crippen molar-refractivity contribution < 1.29 is 33.2 Å². The van der Waals surface area contributed by atoms with Crippen LogP contribution in [0.1, 0.15) is 6.04 Å². The molecule has 0 spiro atoms. The summed E-state index contributed by atoms with van der Waals surface area (Å²) in [7, 11) is 0. The molecule has 12 heteroatoms. The number of benzene rings is 2. The Hall–Kier alpha value is -2.15. The van der Waals surface area contributed by atoms with E-state index in [0.29, 0.717) is 9.92 Å². The van der Waals surface area contributed by atoms with Gasteiger partial charge in [0.2, 0.25) is 0 Å². The van der Waals surface area contributed by atoms with Gasteiger partial charge in [-0.25, -0.2) is 17.9 Å². The third kappa shape index (κ3) is 4.49. The third-order valence-corrected chi connectivity index (χ3v) is 6.38. The van der Waals surface area contributed by atoms with Gasteiger partial charge < -0.3 is 20.1 Å². The average molecular weight is 488 g/mol. The second-order valence-corrected chi connectivity index (χ2v) is 8.72. The molecule has 5 atom stereocenters. The molecule has 3 aromatic rings. The second kappa shape index (κ2) is 9.38. The lowest BCUT2D eigenvalue weighted by molar-refractivity contribution is -0.178. The number of thioether (sulfide) groups is 1. The van der Waals surface area contributed by atoms with E-state index in [0.717, 1.165) is 28.6 Å². The molecule has 1 saturated heterocycles. The molecule has 1 aromatic heterocycles. The third-order valence-electron chi connectivity index (χ3n) is 4.99. The van der Waals surface area contributed by atoms with Gasteiger partial charge in [0.05, 0.1) is 12.8 Å². The van der Waals surface area contributed by atoms with Crippen LogP contribution in [0.4, 0.5) is 13.2 Å². The van der Waals surface area contributed by atoms with Crippen molar-refractivity contribution in [3.63, 3.8) is 0 Å². The monoisotopic (exact) mass is 487 g/mol. The van der Waals surface area contributed by atoms with Gasteiger partial charge in [0.25, 0.3) is 0 Å². The minimum atomic E-state index is -1.61. The van der Waals surface area contributed by atoms with Crippen molar-refractivity contribution >= 4 is 23.4 Å². The fourth-order valence-electron chi connectivity index (χ4n) is 3.41. The highest BCUT2D eigenvalue weighted by atomic mass is 35.5. The summed E-state index contributed by atoms with van der Waals surface area (Å²) in [6, 6.07) is 7.25. The zero-order valence-electron chi connectivity index (χ0n) is 16.1. The normalized spacial score (nSPS) is 25.8. The highest BCUT2D eigenvalue weighted by molar-refractivity contribution is 7.99. The van der Waals surface area contributed by atoms with Crippen molar-refractivity contribution in [3.8, 4) is 11.3 Å². The molecule has 1 fully saturated rings.